The third-order valence-corrected chi connectivity index (χ3v) is 3.27. The predicted octanol–water partition coefficient (Wildman–Crippen LogP) is 4.31. The Balaban J connectivity index is 2.02. The Morgan fingerprint density at radius 3 is 2.42 bits per heavy atom. The number of carbonyl (C=O) groups excluding carboxylic acids is 1. The Hall–Kier alpha value is -2.61. The van der Waals surface area contributed by atoms with Crippen LogP contribution in [0.15, 0.2) is 42.5 Å². The molecule has 0 unspecified atom stereocenters. The molecule has 0 fully saturated rings. The second-order valence-electron chi connectivity index (χ2n) is 5.03. The fourth-order valence-electron chi connectivity index (χ4n) is 1.95. The summed E-state index contributed by atoms with van der Waals surface area (Å²) in [6.45, 7) is -1.87. The summed E-state index contributed by atoms with van der Waals surface area (Å²) < 4.78 is 52.1. The first-order valence-electron chi connectivity index (χ1n) is 7.33. The van der Waals surface area contributed by atoms with Gasteiger partial charge in [0.05, 0.1) is 12.8 Å². The van der Waals surface area contributed by atoms with E-state index >= 15 is 0 Å². The van der Waals surface area contributed by atoms with Gasteiger partial charge in [0.2, 0.25) is 0 Å². The third kappa shape index (κ3) is 6.03. The number of halogens is 4. The number of methoxy groups -OCH3 is 1. The molecule has 2 aromatic carbocycles. The molecule has 0 atom stereocenters. The SMILES string of the molecule is COc1ccccc1OCC(=O)Nc1cc(Cl)ccc1OCC(F)(F)F. The van der Waals surface area contributed by atoms with Crippen molar-refractivity contribution in [2.45, 2.75) is 6.18 Å². The molecule has 0 saturated heterocycles. The van der Waals surface area contributed by atoms with Gasteiger partial charge in [0.25, 0.3) is 5.91 Å². The molecule has 0 heterocycles. The number of alkyl halides is 3. The van der Waals surface area contributed by atoms with E-state index in [-0.39, 0.29) is 23.1 Å². The Labute approximate surface area is 152 Å². The molecule has 0 bridgehead atoms. The molecule has 1 amide bonds. The van der Waals surface area contributed by atoms with Gasteiger partial charge in [-0.3, -0.25) is 4.79 Å². The topological polar surface area (TPSA) is 56.8 Å². The first kappa shape index (κ1) is 19.7. The lowest BCUT2D eigenvalue weighted by Crippen LogP contribution is -2.22. The summed E-state index contributed by atoms with van der Waals surface area (Å²) in [4.78, 5) is 12.1. The number of nitrogens with one attached hydrogen (secondary N) is 1. The van der Waals surface area contributed by atoms with Gasteiger partial charge in [-0.15, -0.1) is 0 Å². The van der Waals surface area contributed by atoms with Crippen molar-refractivity contribution < 1.29 is 32.2 Å². The lowest BCUT2D eigenvalue weighted by molar-refractivity contribution is -0.153. The number of amides is 1. The summed E-state index contributed by atoms with van der Waals surface area (Å²) in [6.07, 6.45) is -4.51. The fourth-order valence-corrected chi connectivity index (χ4v) is 2.13. The zero-order valence-corrected chi connectivity index (χ0v) is 14.4. The van der Waals surface area contributed by atoms with Crippen molar-refractivity contribution in [3.05, 3.63) is 47.5 Å². The van der Waals surface area contributed by atoms with Crippen LogP contribution < -0.4 is 19.5 Å². The average Bonchev–Trinajstić information content (AvgIpc) is 2.58. The van der Waals surface area contributed by atoms with E-state index in [1.165, 1.54) is 25.3 Å². The van der Waals surface area contributed by atoms with Gasteiger partial charge in [0, 0.05) is 5.02 Å². The monoisotopic (exact) mass is 389 g/mol. The van der Waals surface area contributed by atoms with Crippen molar-refractivity contribution >= 4 is 23.2 Å². The normalized spacial score (nSPS) is 11.0. The Kier molecular flexibility index (Phi) is 6.57. The van der Waals surface area contributed by atoms with E-state index in [1.54, 1.807) is 24.3 Å². The lowest BCUT2D eigenvalue weighted by atomic mass is 10.3. The summed E-state index contributed by atoms with van der Waals surface area (Å²) in [5.41, 5.74) is 0.00961. The van der Waals surface area contributed by atoms with Crippen LogP contribution in [0.1, 0.15) is 0 Å². The molecule has 26 heavy (non-hydrogen) atoms. The molecule has 0 aliphatic carbocycles. The van der Waals surface area contributed by atoms with Gasteiger partial charge in [-0.25, -0.2) is 0 Å². The molecule has 0 radical (unpaired) electrons. The second-order valence-corrected chi connectivity index (χ2v) is 5.47. The number of hydrogen-bond acceptors (Lipinski definition) is 4. The van der Waals surface area contributed by atoms with Crippen LogP contribution in [0.2, 0.25) is 5.02 Å². The minimum absolute atomic E-state index is 0.00961. The number of carbonyl (C=O) groups is 1. The largest absolute Gasteiger partial charge is 0.493 e. The van der Waals surface area contributed by atoms with Crippen LogP contribution in [0.4, 0.5) is 18.9 Å². The number of ether oxygens (including phenoxy) is 3. The molecule has 0 aliphatic rings. The molecular formula is C17H15ClF3NO4. The average molecular weight is 390 g/mol. The van der Waals surface area contributed by atoms with Gasteiger partial charge in [-0.05, 0) is 30.3 Å². The minimum Gasteiger partial charge on any atom is -0.493 e. The number of hydrogen-bond donors (Lipinski definition) is 1. The van der Waals surface area contributed by atoms with E-state index in [9.17, 15) is 18.0 Å². The number of benzene rings is 2. The zero-order valence-electron chi connectivity index (χ0n) is 13.6. The van der Waals surface area contributed by atoms with Gasteiger partial charge >= 0.3 is 6.18 Å². The van der Waals surface area contributed by atoms with Gasteiger partial charge in [0.1, 0.15) is 5.75 Å². The molecule has 0 saturated carbocycles. The van der Waals surface area contributed by atoms with E-state index in [0.717, 1.165) is 0 Å². The van der Waals surface area contributed by atoms with Crippen molar-refractivity contribution in [2.24, 2.45) is 0 Å². The van der Waals surface area contributed by atoms with Crippen LogP contribution in [-0.4, -0.2) is 32.4 Å². The summed E-state index contributed by atoms with van der Waals surface area (Å²) in [5.74, 6) is 0.0365. The highest BCUT2D eigenvalue weighted by molar-refractivity contribution is 6.31. The maximum Gasteiger partial charge on any atom is 0.422 e. The van der Waals surface area contributed by atoms with E-state index in [4.69, 9.17) is 25.8 Å². The van der Waals surface area contributed by atoms with Crippen molar-refractivity contribution in [1.29, 1.82) is 0 Å². The third-order valence-electron chi connectivity index (χ3n) is 3.03. The smallest absolute Gasteiger partial charge is 0.422 e. The van der Waals surface area contributed by atoms with Gasteiger partial charge < -0.3 is 19.5 Å². The fraction of sp³-hybridized carbons (Fsp3) is 0.235. The summed E-state index contributed by atoms with van der Waals surface area (Å²) in [6, 6.07) is 10.6. The maximum absolute atomic E-state index is 12.3. The highest BCUT2D eigenvalue weighted by atomic mass is 35.5. The molecule has 0 aromatic heterocycles. The summed E-state index contributed by atoms with van der Waals surface area (Å²) in [7, 11) is 1.46. The highest BCUT2D eigenvalue weighted by Crippen LogP contribution is 2.30. The Morgan fingerprint density at radius 2 is 1.77 bits per heavy atom. The predicted molar refractivity (Wildman–Crippen MR) is 90.1 cm³/mol. The molecule has 2 rings (SSSR count). The molecular weight excluding hydrogens is 375 g/mol. The zero-order chi connectivity index (χ0) is 19.2. The number of rotatable bonds is 7. The summed E-state index contributed by atoms with van der Waals surface area (Å²) >= 11 is 5.83. The van der Waals surface area contributed by atoms with Crippen LogP contribution in [0.25, 0.3) is 0 Å². The van der Waals surface area contributed by atoms with Crippen molar-refractivity contribution in [1.82, 2.24) is 0 Å². The highest BCUT2D eigenvalue weighted by Gasteiger charge is 2.29. The van der Waals surface area contributed by atoms with E-state index in [2.05, 4.69) is 5.32 Å². The molecule has 5 nitrogen and oxygen atoms in total. The maximum atomic E-state index is 12.3. The Bertz CT molecular complexity index is 768. The molecule has 140 valence electrons. The van der Waals surface area contributed by atoms with Crippen molar-refractivity contribution in [3.63, 3.8) is 0 Å². The number of para-hydroxylation sites is 2. The van der Waals surface area contributed by atoms with E-state index in [0.29, 0.717) is 11.5 Å². The van der Waals surface area contributed by atoms with E-state index in [1.807, 2.05) is 0 Å². The minimum atomic E-state index is -4.51. The molecule has 0 spiro atoms. The molecule has 1 N–H and O–H groups in total. The first-order valence-corrected chi connectivity index (χ1v) is 7.71. The van der Waals surface area contributed by atoms with Crippen molar-refractivity contribution in [3.8, 4) is 17.2 Å². The van der Waals surface area contributed by atoms with Crippen molar-refractivity contribution in [2.75, 3.05) is 25.6 Å². The van der Waals surface area contributed by atoms with Crippen LogP contribution in [-0.2, 0) is 4.79 Å². The van der Waals surface area contributed by atoms with Crippen LogP contribution in [0.5, 0.6) is 17.2 Å². The lowest BCUT2D eigenvalue weighted by Gasteiger charge is -2.15. The van der Waals surface area contributed by atoms with Gasteiger partial charge in [-0.2, -0.15) is 13.2 Å². The van der Waals surface area contributed by atoms with Gasteiger partial charge in [-0.1, -0.05) is 23.7 Å². The Morgan fingerprint density at radius 1 is 1.08 bits per heavy atom. The van der Waals surface area contributed by atoms with Crippen LogP contribution >= 0.6 is 11.6 Å². The van der Waals surface area contributed by atoms with Crippen LogP contribution in [0, 0.1) is 0 Å². The molecule has 0 aliphatic heterocycles. The standard InChI is InChI=1S/C17H15ClF3NO4/c1-24-14-4-2-3-5-15(14)25-9-16(23)22-12-8-11(18)6-7-13(12)26-10-17(19,20)21/h2-8H,9-10H2,1H3,(H,22,23). The second kappa shape index (κ2) is 8.66. The summed E-state index contributed by atoms with van der Waals surface area (Å²) in [5, 5.41) is 2.64. The molecule has 9 heteroatoms. The van der Waals surface area contributed by atoms with Crippen LogP contribution in [0.3, 0.4) is 0 Å². The number of anilines is 1. The van der Waals surface area contributed by atoms with E-state index < -0.39 is 18.7 Å². The molecule has 2 aromatic rings. The quantitative estimate of drug-likeness (QED) is 0.766. The van der Waals surface area contributed by atoms with Gasteiger partial charge in [0.15, 0.2) is 24.7 Å². The first-order chi connectivity index (χ1) is 12.3.